The fourth-order valence-corrected chi connectivity index (χ4v) is 2.42. The minimum Gasteiger partial charge on any atom is -0.281 e. The molecule has 12 heteroatoms. The monoisotopic (exact) mass is 392 g/mol. The average Bonchev–Trinajstić information content (AvgIpc) is 2.33. The zero-order valence-corrected chi connectivity index (χ0v) is 14.3. The van der Waals surface area contributed by atoms with Crippen LogP contribution in [0.3, 0.4) is 0 Å². The molecular weight excluding hydrogens is 373 g/mol. The van der Waals surface area contributed by atoms with Gasteiger partial charge < -0.3 is 0 Å². The first-order valence-electron chi connectivity index (χ1n) is 6.61. The second-order valence-electron chi connectivity index (χ2n) is 6.49. The molecule has 0 aromatic heterocycles. The summed E-state index contributed by atoms with van der Waals surface area (Å²) >= 11 is 0. The molecule has 24 heavy (non-hydrogen) atoms. The largest absolute Gasteiger partial charge is 0.460 e. The Balaban J connectivity index is 6.33. The van der Waals surface area contributed by atoms with Gasteiger partial charge in [-0.1, -0.05) is 34.6 Å². The van der Waals surface area contributed by atoms with Crippen LogP contribution in [-0.4, -0.2) is 36.6 Å². The molecule has 4 nitrogen and oxygen atoms in total. The molecule has 1 N–H and O–H groups in total. The van der Waals surface area contributed by atoms with E-state index >= 15 is 0 Å². The van der Waals surface area contributed by atoms with E-state index in [-0.39, 0.29) is 0 Å². The number of halogens is 7. The lowest BCUT2D eigenvalue weighted by Crippen LogP contribution is -2.62. The number of hydrogen-bond acceptors (Lipinski definition) is 3. The summed E-state index contributed by atoms with van der Waals surface area (Å²) in [6, 6.07) is 0. The molecule has 2 atom stereocenters. The van der Waals surface area contributed by atoms with Gasteiger partial charge >= 0.3 is 21.5 Å². The van der Waals surface area contributed by atoms with E-state index < -0.39 is 51.0 Å². The standard InChI is InChI=1S/C12H19F7O4S/c1-6-9(5,8(2,3)4)10(15,7(13)14)23-11(16,17)12(18,19)24(20,21)22/h7H,6H2,1-5H3,(H,20,21,22). The Morgan fingerprint density at radius 2 is 1.38 bits per heavy atom. The topological polar surface area (TPSA) is 63.6 Å². The summed E-state index contributed by atoms with van der Waals surface area (Å²) in [7, 11) is -6.77. The molecule has 0 amide bonds. The van der Waals surface area contributed by atoms with Crippen molar-refractivity contribution < 1.29 is 48.4 Å². The Bertz CT molecular complexity index is 558. The molecule has 0 rings (SSSR count). The van der Waals surface area contributed by atoms with Gasteiger partial charge in [0.05, 0.1) is 0 Å². The molecule has 0 fully saturated rings. The molecule has 0 aromatic carbocycles. The highest BCUT2D eigenvalue weighted by atomic mass is 32.2. The Morgan fingerprint density at radius 3 is 1.58 bits per heavy atom. The second-order valence-corrected chi connectivity index (χ2v) is 7.95. The Hall–Kier alpha value is -0.620. The maximum absolute atomic E-state index is 14.8. The normalized spacial score (nSPS) is 19.9. The lowest BCUT2D eigenvalue weighted by atomic mass is 9.62. The van der Waals surface area contributed by atoms with E-state index in [2.05, 4.69) is 4.74 Å². The molecule has 0 aliphatic heterocycles. The molecule has 2 unspecified atom stereocenters. The summed E-state index contributed by atoms with van der Waals surface area (Å²) in [6.07, 6.45) is -11.1. The van der Waals surface area contributed by atoms with E-state index in [0.717, 1.165) is 13.8 Å². The zero-order valence-electron chi connectivity index (χ0n) is 13.5. The van der Waals surface area contributed by atoms with Crippen LogP contribution in [0.5, 0.6) is 0 Å². The fourth-order valence-electron chi connectivity index (χ4n) is 2.08. The second kappa shape index (κ2) is 6.27. The average molecular weight is 392 g/mol. The van der Waals surface area contributed by atoms with Gasteiger partial charge in [0.25, 0.3) is 12.3 Å². The van der Waals surface area contributed by atoms with Crippen LogP contribution < -0.4 is 0 Å². The highest BCUT2D eigenvalue weighted by Crippen LogP contribution is 2.57. The summed E-state index contributed by atoms with van der Waals surface area (Å²) in [6.45, 7) is 5.49. The third-order valence-electron chi connectivity index (χ3n) is 4.34. The molecule has 0 aromatic rings. The number of ether oxygens (including phenoxy) is 1. The highest BCUT2D eigenvalue weighted by molar-refractivity contribution is 7.86. The van der Waals surface area contributed by atoms with Gasteiger partial charge in [-0.3, -0.25) is 9.29 Å². The van der Waals surface area contributed by atoms with Crippen molar-refractivity contribution in [1.82, 2.24) is 0 Å². The summed E-state index contributed by atoms with van der Waals surface area (Å²) in [5.74, 6) is -4.64. The van der Waals surface area contributed by atoms with Gasteiger partial charge in [0, 0.05) is 5.41 Å². The third-order valence-corrected chi connectivity index (χ3v) is 5.22. The van der Waals surface area contributed by atoms with E-state index in [1.807, 2.05) is 0 Å². The lowest BCUT2D eigenvalue weighted by molar-refractivity contribution is -0.432. The van der Waals surface area contributed by atoms with Gasteiger partial charge in [-0.25, -0.2) is 13.2 Å². The van der Waals surface area contributed by atoms with Crippen molar-refractivity contribution in [3.05, 3.63) is 0 Å². The van der Waals surface area contributed by atoms with E-state index in [1.165, 1.54) is 20.8 Å². The predicted molar refractivity (Wildman–Crippen MR) is 70.2 cm³/mol. The summed E-state index contributed by atoms with van der Waals surface area (Å²) in [5.41, 5.74) is -3.90. The van der Waals surface area contributed by atoms with Gasteiger partial charge in [0.1, 0.15) is 0 Å². The molecule has 0 spiro atoms. The number of rotatable bonds is 7. The maximum Gasteiger partial charge on any atom is 0.460 e. The molecule has 0 bridgehead atoms. The van der Waals surface area contributed by atoms with E-state index in [1.54, 1.807) is 0 Å². The Kier molecular flexibility index (Phi) is 6.11. The van der Waals surface area contributed by atoms with Crippen molar-refractivity contribution in [3.63, 3.8) is 0 Å². The number of hydrogen-bond donors (Lipinski definition) is 1. The fraction of sp³-hybridized carbons (Fsp3) is 1.00. The van der Waals surface area contributed by atoms with Gasteiger partial charge in [-0.15, -0.1) is 0 Å². The molecule has 0 saturated heterocycles. The molecular formula is C12H19F7O4S. The van der Waals surface area contributed by atoms with E-state index in [9.17, 15) is 39.2 Å². The minimum absolute atomic E-state index is 0.537. The zero-order chi connectivity index (χ0) is 20.0. The van der Waals surface area contributed by atoms with Crippen molar-refractivity contribution in [2.45, 2.75) is 64.7 Å². The van der Waals surface area contributed by atoms with Crippen molar-refractivity contribution in [2.75, 3.05) is 0 Å². The van der Waals surface area contributed by atoms with Crippen molar-refractivity contribution in [1.29, 1.82) is 0 Å². The SMILES string of the molecule is CCC(C)(C(C)(C)C)C(F)(OC(F)(F)C(F)(F)S(=O)(=O)O)C(F)F. The van der Waals surface area contributed by atoms with Gasteiger partial charge in [-0.2, -0.15) is 26.0 Å². The highest BCUT2D eigenvalue weighted by Gasteiger charge is 2.74. The minimum atomic E-state index is -6.77. The van der Waals surface area contributed by atoms with Crippen molar-refractivity contribution in [2.24, 2.45) is 10.8 Å². The number of alkyl halides is 7. The Morgan fingerprint density at radius 1 is 1.00 bits per heavy atom. The van der Waals surface area contributed by atoms with Crippen LogP contribution in [0, 0.1) is 10.8 Å². The van der Waals surface area contributed by atoms with Gasteiger partial charge in [-0.05, 0) is 11.8 Å². The van der Waals surface area contributed by atoms with Crippen LogP contribution in [0.15, 0.2) is 0 Å². The van der Waals surface area contributed by atoms with Gasteiger partial charge in [0.2, 0.25) is 0 Å². The molecule has 0 saturated carbocycles. The first kappa shape index (κ1) is 23.4. The van der Waals surface area contributed by atoms with Crippen LogP contribution in [-0.2, 0) is 14.9 Å². The molecule has 146 valence electrons. The first-order valence-corrected chi connectivity index (χ1v) is 8.05. The van der Waals surface area contributed by atoms with Crippen LogP contribution in [0.1, 0.15) is 41.0 Å². The van der Waals surface area contributed by atoms with Crippen molar-refractivity contribution >= 4 is 10.1 Å². The Labute approximate surface area is 135 Å². The lowest BCUT2D eigenvalue weighted by Gasteiger charge is -2.50. The van der Waals surface area contributed by atoms with E-state index in [0.29, 0.717) is 0 Å². The quantitative estimate of drug-likeness (QED) is 0.513. The maximum atomic E-state index is 14.8. The predicted octanol–water partition coefficient (Wildman–Crippen LogP) is 4.47. The van der Waals surface area contributed by atoms with Crippen LogP contribution in [0.4, 0.5) is 30.7 Å². The smallest absolute Gasteiger partial charge is 0.281 e. The summed E-state index contributed by atoms with van der Waals surface area (Å²) in [4.78, 5) is 0. The first-order chi connectivity index (χ1) is 10.2. The summed E-state index contributed by atoms with van der Waals surface area (Å²) < 4.78 is 127. The molecule has 0 heterocycles. The van der Waals surface area contributed by atoms with Crippen molar-refractivity contribution in [3.8, 4) is 0 Å². The summed E-state index contributed by atoms with van der Waals surface area (Å²) in [5, 5.41) is -6.33. The van der Waals surface area contributed by atoms with E-state index in [4.69, 9.17) is 4.55 Å². The van der Waals surface area contributed by atoms with Crippen LogP contribution in [0.2, 0.25) is 0 Å². The van der Waals surface area contributed by atoms with Gasteiger partial charge in [0.15, 0.2) is 0 Å². The molecule has 0 radical (unpaired) electrons. The van der Waals surface area contributed by atoms with Crippen LogP contribution in [0.25, 0.3) is 0 Å². The molecule has 0 aliphatic carbocycles. The third kappa shape index (κ3) is 3.50. The molecule has 0 aliphatic rings. The van der Waals surface area contributed by atoms with Crippen LogP contribution >= 0.6 is 0 Å².